The van der Waals surface area contributed by atoms with Crippen LogP contribution in [0.15, 0.2) is 0 Å². The highest BCUT2D eigenvalue weighted by Crippen LogP contribution is 2.23. The Morgan fingerprint density at radius 3 is 2.53 bits per heavy atom. The minimum atomic E-state index is -0.131. The molecule has 1 saturated carbocycles. The summed E-state index contributed by atoms with van der Waals surface area (Å²) in [5.74, 6) is 1.36. The highest BCUT2D eigenvalue weighted by Gasteiger charge is 2.29. The molecule has 1 aliphatic rings. The third-order valence-electron chi connectivity index (χ3n) is 3.05. The van der Waals surface area contributed by atoms with E-state index in [2.05, 4.69) is 26.1 Å². The second kappa shape index (κ2) is 7.27. The van der Waals surface area contributed by atoms with Gasteiger partial charge in [0.2, 0.25) is 0 Å². The van der Waals surface area contributed by atoms with Crippen molar-refractivity contribution in [2.24, 2.45) is 5.92 Å². The highest BCUT2D eigenvalue weighted by atomic mass is 32.2. The Morgan fingerprint density at radius 1 is 1.41 bits per heavy atom. The Kier molecular flexibility index (Phi) is 6.34. The van der Waals surface area contributed by atoms with E-state index in [1.54, 1.807) is 0 Å². The fourth-order valence-corrected chi connectivity index (χ4v) is 2.52. The van der Waals surface area contributed by atoms with Gasteiger partial charge < -0.3 is 10.1 Å². The van der Waals surface area contributed by atoms with Crippen LogP contribution in [0.1, 0.15) is 40.5 Å². The van der Waals surface area contributed by atoms with Gasteiger partial charge in [0, 0.05) is 17.0 Å². The predicted molar refractivity (Wildman–Crippen MR) is 73.3 cm³/mol. The van der Waals surface area contributed by atoms with Crippen molar-refractivity contribution in [3.8, 4) is 0 Å². The molecule has 3 nitrogen and oxygen atoms in total. The first-order valence-electron chi connectivity index (χ1n) is 6.58. The van der Waals surface area contributed by atoms with E-state index in [0.717, 1.165) is 5.75 Å². The molecule has 2 atom stereocenters. The predicted octanol–water partition coefficient (Wildman–Crippen LogP) is 2.45. The topological polar surface area (TPSA) is 38.3 Å². The number of thioether (sulfide) groups is 1. The minimum Gasteiger partial charge on any atom is -0.465 e. The summed E-state index contributed by atoms with van der Waals surface area (Å²) in [5, 5.41) is 3.95. The average Bonchev–Trinajstić information content (AvgIpc) is 3.07. The number of rotatable bonds is 8. The van der Waals surface area contributed by atoms with E-state index in [0.29, 0.717) is 23.8 Å². The summed E-state index contributed by atoms with van der Waals surface area (Å²) in [4.78, 5) is 11.8. The Balaban J connectivity index is 2.36. The third kappa shape index (κ3) is 5.77. The second-order valence-corrected chi connectivity index (χ2v) is 6.44. The van der Waals surface area contributed by atoms with E-state index in [4.69, 9.17) is 4.74 Å². The summed E-state index contributed by atoms with van der Waals surface area (Å²) in [6.45, 7) is 8.97. The van der Waals surface area contributed by atoms with Crippen LogP contribution in [0.25, 0.3) is 0 Å². The molecule has 1 rings (SSSR count). The molecule has 2 unspecified atom stereocenters. The second-order valence-electron chi connectivity index (χ2n) is 5.03. The standard InChI is InChI=1S/C13H25NO2S/c1-5-16-13(15)12(14-11-6-7-11)8-17-10(4)9(2)3/h9-12,14H,5-8H2,1-4H3. The van der Waals surface area contributed by atoms with Gasteiger partial charge in [0.1, 0.15) is 6.04 Å². The van der Waals surface area contributed by atoms with E-state index in [1.807, 2.05) is 18.7 Å². The summed E-state index contributed by atoms with van der Waals surface area (Å²) in [7, 11) is 0. The molecule has 1 N–H and O–H groups in total. The van der Waals surface area contributed by atoms with Gasteiger partial charge >= 0.3 is 5.97 Å². The molecule has 4 heteroatoms. The summed E-state index contributed by atoms with van der Waals surface area (Å²) >= 11 is 1.85. The molecule has 0 amide bonds. The normalized spacial score (nSPS) is 19.1. The number of carbonyl (C=O) groups is 1. The number of hydrogen-bond acceptors (Lipinski definition) is 4. The fourth-order valence-electron chi connectivity index (χ4n) is 1.40. The quantitative estimate of drug-likeness (QED) is 0.680. The van der Waals surface area contributed by atoms with Crippen LogP contribution in [0.2, 0.25) is 0 Å². The first-order chi connectivity index (χ1) is 8.04. The van der Waals surface area contributed by atoms with Crippen molar-refractivity contribution in [1.29, 1.82) is 0 Å². The minimum absolute atomic E-state index is 0.0946. The van der Waals surface area contributed by atoms with Crippen LogP contribution in [0.5, 0.6) is 0 Å². The Bertz CT molecular complexity index is 242. The van der Waals surface area contributed by atoms with Crippen LogP contribution >= 0.6 is 11.8 Å². The van der Waals surface area contributed by atoms with E-state index < -0.39 is 0 Å². The number of nitrogens with one attached hydrogen (secondary N) is 1. The van der Waals surface area contributed by atoms with Crippen molar-refractivity contribution in [2.45, 2.75) is 57.9 Å². The smallest absolute Gasteiger partial charge is 0.323 e. The van der Waals surface area contributed by atoms with Crippen molar-refractivity contribution in [3.63, 3.8) is 0 Å². The van der Waals surface area contributed by atoms with Crippen LogP contribution in [-0.2, 0) is 9.53 Å². The molecular weight excluding hydrogens is 234 g/mol. The fraction of sp³-hybridized carbons (Fsp3) is 0.923. The summed E-state index contributed by atoms with van der Waals surface area (Å²) < 4.78 is 5.11. The lowest BCUT2D eigenvalue weighted by atomic mass is 10.2. The molecule has 0 heterocycles. The Labute approximate surface area is 109 Å². The van der Waals surface area contributed by atoms with E-state index in [-0.39, 0.29) is 12.0 Å². The molecule has 0 radical (unpaired) electrons. The molecule has 1 fully saturated rings. The molecule has 1 aliphatic carbocycles. The van der Waals surface area contributed by atoms with E-state index >= 15 is 0 Å². The van der Waals surface area contributed by atoms with Crippen LogP contribution in [-0.4, -0.2) is 35.7 Å². The van der Waals surface area contributed by atoms with Gasteiger partial charge in [-0.15, -0.1) is 0 Å². The van der Waals surface area contributed by atoms with Gasteiger partial charge in [-0.25, -0.2) is 0 Å². The van der Waals surface area contributed by atoms with E-state index in [1.165, 1.54) is 12.8 Å². The maximum absolute atomic E-state index is 11.8. The monoisotopic (exact) mass is 259 g/mol. The lowest BCUT2D eigenvalue weighted by Crippen LogP contribution is -2.41. The van der Waals surface area contributed by atoms with Gasteiger partial charge in [0.15, 0.2) is 0 Å². The van der Waals surface area contributed by atoms with Crippen molar-refractivity contribution in [1.82, 2.24) is 5.32 Å². The zero-order valence-corrected chi connectivity index (χ0v) is 12.2. The van der Waals surface area contributed by atoms with Crippen LogP contribution < -0.4 is 5.32 Å². The SMILES string of the molecule is CCOC(=O)C(CSC(C)C(C)C)NC1CC1. The Morgan fingerprint density at radius 2 is 2.06 bits per heavy atom. The molecule has 0 aromatic carbocycles. The molecule has 100 valence electrons. The van der Waals surface area contributed by atoms with Gasteiger partial charge in [-0.2, -0.15) is 11.8 Å². The molecule has 0 spiro atoms. The molecule has 0 saturated heterocycles. The Hall–Kier alpha value is -0.220. The highest BCUT2D eigenvalue weighted by molar-refractivity contribution is 7.99. The zero-order chi connectivity index (χ0) is 12.8. The van der Waals surface area contributed by atoms with Crippen LogP contribution in [0.3, 0.4) is 0 Å². The first-order valence-corrected chi connectivity index (χ1v) is 7.63. The number of esters is 1. The van der Waals surface area contributed by atoms with Gasteiger partial charge in [0.25, 0.3) is 0 Å². The third-order valence-corrected chi connectivity index (χ3v) is 4.65. The van der Waals surface area contributed by atoms with Gasteiger partial charge in [-0.3, -0.25) is 4.79 Å². The van der Waals surface area contributed by atoms with Gasteiger partial charge in [-0.05, 0) is 25.7 Å². The first kappa shape index (κ1) is 14.8. The molecule has 0 aliphatic heterocycles. The molecule has 0 aromatic heterocycles. The number of hydrogen-bond donors (Lipinski definition) is 1. The summed E-state index contributed by atoms with van der Waals surface area (Å²) in [5.41, 5.74) is 0. The lowest BCUT2D eigenvalue weighted by molar-refractivity contribution is -0.145. The van der Waals surface area contributed by atoms with E-state index in [9.17, 15) is 4.79 Å². The maximum atomic E-state index is 11.8. The van der Waals surface area contributed by atoms with Crippen LogP contribution in [0, 0.1) is 5.92 Å². The molecule has 17 heavy (non-hydrogen) atoms. The van der Waals surface area contributed by atoms with Gasteiger partial charge in [0.05, 0.1) is 6.61 Å². The van der Waals surface area contributed by atoms with Crippen molar-refractivity contribution >= 4 is 17.7 Å². The molecular formula is C13H25NO2S. The van der Waals surface area contributed by atoms with Crippen molar-refractivity contribution in [2.75, 3.05) is 12.4 Å². The number of carbonyl (C=O) groups excluding carboxylic acids is 1. The summed E-state index contributed by atoms with van der Waals surface area (Å²) in [6.07, 6.45) is 2.39. The number of ether oxygens (including phenoxy) is 1. The van der Waals surface area contributed by atoms with Crippen molar-refractivity contribution < 1.29 is 9.53 Å². The van der Waals surface area contributed by atoms with Gasteiger partial charge in [-0.1, -0.05) is 20.8 Å². The van der Waals surface area contributed by atoms with Crippen molar-refractivity contribution in [3.05, 3.63) is 0 Å². The maximum Gasteiger partial charge on any atom is 0.323 e. The largest absolute Gasteiger partial charge is 0.465 e. The summed E-state index contributed by atoms with van der Waals surface area (Å²) in [6, 6.07) is 0.410. The average molecular weight is 259 g/mol. The zero-order valence-electron chi connectivity index (χ0n) is 11.4. The lowest BCUT2D eigenvalue weighted by Gasteiger charge is -2.20. The molecule has 0 bridgehead atoms. The molecule has 0 aromatic rings. The van der Waals surface area contributed by atoms with Crippen LogP contribution in [0.4, 0.5) is 0 Å².